The van der Waals surface area contributed by atoms with Crippen LogP contribution in [0.2, 0.25) is 0 Å². The van der Waals surface area contributed by atoms with Crippen LogP contribution in [0.4, 0.5) is 0 Å². The van der Waals surface area contributed by atoms with Crippen LogP contribution >= 0.6 is 11.8 Å². The molecule has 20 heavy (non-hydrogen) atoms. The second kappa shape index (κ2) is 9.00. The Morgan fingerprint density at radius 3 is 3.00 bits per heavy atom. The Morgan fingerprint density at radius 2 is 2.25 bits per heavy atom. The highest BCUT2D eigenvalue weighted by atomic mass is 32.2. The van der Waals surface area contributed by atoms with E-state index < -0.39 is 0 Å². The molecule has 110 valence electrons. The van der Waals surface area contributed by atoms with Gasteiger partial charge in [-0.2, -0.15) is 11.8 Å². The summed E-state index contributed by atoms with van der Waals surface area (Å²) in [6.45, 7) is 2.90. The molecule has 1 amide bonds. The van der Waals surface area contributed by atoms with Crippen molar-refractivity contribution in [3.63, 3.8) is 0 Å². The number of thioether (sulfide) groups is 1. The average Bonchev–Trinajstić information content (AvgIpc) is 2.52. The standard InChI is InChI=1S/C15H22N2O2S/c18-15(14-12-20-10-8-16-14)17-7-4-9-19-11-13-5-2-1-3-6-13/h1-3,5-6,14,16H,4,7-12H2,(H,17,18). The van der Waals surface area contributed by atoms with Gasteiger partial charge in [0, 0.05) is 31.2 Å². The third-order valence-electron chi connectivity index (χ3n) is 3.11. The lowest BCUT2D eigenvalue weighted by Gasteiger charge is -2.22. The van der Waals surface area contributed by atoms with Crippen LogP contribution in [0.1, 0.15) is 12.0 Å². The Balaban J connectivity index is 1.50. The molecule has 1 unspecified atom stereocenters. The average molecular weight is 294 g/mol. The summed E-state index contributed by atoms with van der Waals surface area (Å²) >= 11 is 1.83. The van der Waals surface area contributed by atoms with Crippen LogP contribution in [0, 0.1) is 0 Å². The normalized spacial score (nSPS) is 18.7. The molecule has 1 saturated heterocycles. The van der Waals surface area contributed by atoms with E-state index in [0.29, 0.717) is 19.8 Å². The summed E-state index contributed by atoms with van der Waals surface area (Å²) in [5.41, 5.74) is 1.18. The van der Waals surface area contributed by atoms with Gasteiger partial charge in [-0.15, -0.1) is 0 Å². The number of benzene rings is 1. The van der Waals surface area contributed by atoms with E-state index in [1.54, 1.807) is 0 Å². The first-order valence-corrected chi connectivity index (χ1v) is 8.22. The Hall–Kier alpha value is -1.04. The number of carbonyl (C=O) groups is 1. The molecule has 1 atom stereocenters. The van der Waals surface area contributed by atoms with Gasteiger partial charge in [-0.3, -0.25) is 4.79 Å². The Kier molecular flexibility index (Phi) is 6.91. The zero-order valence-corrected chi connectivity index (χ0v) is 12.5. The van der Waals surface area contributed by atoms with E-state index in [2.05, 4.69) is 10.6 Å². The first-order valence-electron chi connectivity index (χ1n) is 7.07. The molecule has 1 fully saturated rings. The fourth-order valence-corrected chi connectivity index (χ4v) is 2.94. The smallest absolute Gasteiger partial charge is 0.237 e. The zero-order chi connectivity index (χ0) is 14.0. The van der Waals surface area contributed by atoms with Crippen molar-refractivity contribution in [2.45, 2.75) is 19.1 Å². The number of ether oxygens (including phenoxy) is 1. The second-order valence-electron chi connectivity index (χ2n) is 4.76. The molecule has 0 aromatic heterocycles. The molecule has 0 bridgehead atoms. The molecule has 2 N–H and O–H groups in total. The molecular formula is C15H22N2O2S. The van der Waals surface area contributed by atoms with Crippen molar-refractivity contribution < 1.29 is 9.53 Å². The van der Waals surface area contributed by atoms with Crippen molar-refractivity contribution in [3.8, 4) is 0 Å². The van der Waals surface area contributed by atoms with Crippen molar-refractivity contribution in [1.29, 1.82) is 0 Å². The number of carbonyl (C=O) groups excluding carboxylic acids is 1. The van der Waals surface area contributed by atoms with E-state index in [-0.39, 0.29) is 11.9 Å². The van der Waals surface area contributed by atoms with Crippen LogP contribution in [-0.4, -0.2) is 43.2 Å². The molecule has 1 heterocycles. The topological polar surface area (TPSA) is 50.4 Å². The fraction of sp³-hybridized carbons (Fsp3) is 0.533. The Bertz CT molecular complexity index is 394. The number of amides is 1. The molecule has 2 rings (SSSR count). The highest BCUT2D eigenvalue weighted by molar-refractivity contribution is 7.99. The third-order valence-corrected chi connectivity index (χ3v) is 4.18. The van der Waals surface area contributed by atoms with Crippen LogP contribution in [0.25, 0.3) is 0 Å². The van der Waals surface area contributed by atoms with Crippen LogP contribution < -0.4 is 10.6 Å². The summed E-state index contributed by atoms with van der Waals surface area (Å²) in [6.07, 6.45) is 0.846. The summed E-state index contributed by atoms with van der Waals surface area (Å²) in [5.74, 6) is 2.08. The first-order chi connectivity index (χ1) is 9.86. The van der Waals surface area contributed by atoms with Crippen molar-refractivity contribution in [1.82, 2.24) is 10.6 Å². The lowest BCUT2D eigenvalue weighted by molar-refractivity contribution is -0.122. The molecule has 1 aliphatic rings. The molecule has 5 heteroatoms. The van der Waals surface area contributed by atoms with Gasteiger partial charge in [0.05, 0.1) is 12.6 Å². The minimum atomic E-state index is -0.0287. The highest BCUT2D eigenvalue weighted by Crippen LogP contribution is 2.07. The van der Waals surface area contributed by atoms with E-state index in [0.717, 1.165) is 24.5 Å². The number of rotatable bonds is 7. The van der Waals surface area contributed by atoms with Gasteiger partial charge >= 0.3 is 0 Å². The first kappa shape index (κ1) is 15.4. The summed E-state index contributed by atoms with van der Waals surface area (Å²) < 4.78 is 5.58. The maximum Gasteiger partial charge on any atom is 0.237 e. The Morgan fingerprint density at radius 1 is 1.40 bits per heavy atom. The maximum atomic E-state index is 11.8. The predicted octanol–water partition coefficient (Wildman–Crippen LogP) is 1.41. The van der Waals surface area contributed by atoms with Gasteiger partial charge in [0.25, 0.3) is 0 Å². The largest absolute Gasteiger partial charge is 0.377 e. The molecular weight excluding hydrogens is 272 g/mol. The SMILES string of the molecule is O=C(NCCCOCc1ccccc1)C1CSCCN1. The lowest BCUT2D eigenvalue weighted by atomic mass is 10.2. The minimum Gasteiger partial charge on any atom is -0.377 e. The van der Waals surface area contributed by atoms with Gasteiger partial charge in [-0.1, -0.05) is 30.3 Å². The van der Waals surface area contributed by atoms with Crippen molar-refractivity contribution in [3.05, 3.63) is 35.9 Å². The van der Waals surface area contributed by atoms with Gasteiger partial charge < -0.3 is 15.4 Å². The molecule has 0 saturated carbocycles. The predicted molar refractivity (Wildman–Crippen MR) is 82.8 cm³/mol. The van der Waals surface area contributed by atoms with E-state index >= 15 is 0 Å². The van der Waals surface area contributed by atoms with Crippen molar-refractivity contribution in [2.75, 3.05) is 31.2 Å². The fourth-order valence-electron chi connectivity index (χ4n) is 2.01. The quantitative estimate of drug-likeness (QED) is 0.747. The van der Waals surface area contributed by atoms with Gasteiger partial charge in [0.15, 0.2) is 0 Å². The van der Waals surface area contributed by atoms with Crippen LogP contribution in [0.5, 0.6) is 0 Å². The lowest BCUT2D eigenvalue weighted by Crippen LogP contribution is -2.49. The van der Waals surface area contributed by atoms with Crippen LogP contribution in [-0.2, 0) is 16.1 Å². The van der Waals surface area contributed by atoms with Crippen LogP contribution in [0.3, 0.4) is 0 Å². The summed E-state index contributed by atoms with van der Waals surface area (Å²) in [7, 11) is 0. The zero-order valence-electron chi connectivity index (χ0n) is 11.6. The summed E-state index contributed by atoms with van der Waals surface area (Å²) in [5, 5.41) is 6.18. The monoisotopic (exact) mass is 294 g/mol. The van der Waals surface area contributed by atoms with Gasteiger partial charge in [0.1, 0.15) is 0 Å². The number of hydrogen-bond donors (Lipinski definition) is 2. The van der Waals surface area contributed by atoms with E-state index in [9.17, 15) is 4.79 Å². The van der Waals surface area contributed by atoms with E-state index in [1.807, 2.05) is 42.1 Å². The Labute approximate surface area is 124 Å². The van der Waals surface area contributed by atoms with Crippen molar-refractivity contribution >= 4 is 17.7 Å². The second-order valence-corrected chi connectivity index (χ2v) is 5.91. The number of hydrogen-bond acceptors (Lipinski definition) is 4. The van der Waals surface area contributed by atoms with Crippen molar-refractivity contribution in [2.24, 2.45) is 0 Å². The molecule has 0 aliphatic carbocycles. The summed E-state index contributed by atoms with van der Waals surface area (Å²) in [6, 6.07) is 10.1. The minimum absolute atomic E-state index is 0.0287. The van der Waals surface area contributed by atoms with E-state index in [1.165, 1.54) is 5.56 Å². The molecule has 1 aromatic carbocycles. The maximum absolute atomic E-state index is 11.8. The van der Waals surface area contributed by atoms with Gasteiger partial charge in [0.2, 0.25) is 5.91 Å². The van der Waals surface area contributed by atoms with Gasteiger partial charge in [-0.05, 0) is 12.0 Å². The number of nitrogens with one attached hydrogen (secondary N) is 2. The molecule has 1 aromatic rings. The molecule has 4 nitrogen and oxygen atoms in total. The highest BCUT2D eigenvalue weighted by Gasteiger charge is 2.19. The molecule has 0 radical (unpaired) electrons. The molecule has 0 spiro atoms. The third kappa shape index (κ3) is 5.53. The van der Waals surface area contributed by atoms with E-state index in [4.69, 9.17) is 4.74 Å². The van der Waals surface area contributed by atoms with Crippen LogP contribution in [0.15, 0.2) is 30.3 Å². The summed E-state index contributed by atoms with van der Waals surface area (Å²) in [4.78, 5) is 11.8. The van der Waals surface area contributed by atoms with Gasteiger partial charge in [-0.25, -0.2) is 0 Å². The molecule has 1 aliphatic heterocycles.